The Labute approximate surface area is 176 Å². The third-order valence-electron chi connectivity index (χ3n) is 5.49. The molecule has 2 saturated heterocycles. The van der Waals surface area contributed by atoms with Crippen molar-refractivity contribution >= 4 is 41.8 Å². The molecule has 1 unspecified atom stereocenters. The number of benzene rings is 1. The number of aryl methyl sites for hydroxylation is 2. The largest absolute Gasteiger partial charge is 0.337 e. The molecule has 0 spiro atoms. The number of aromatic nitrogens is 2. The van der Waals surface area contributed by atoms with Crippen LogP contribution >= 0.6 is 24.8 Å². The van der Waals surface area contributed by atoms with Gasteiger partial charge in [0.1, 0.15) is 11.3 Å². The fourth-order valence-electron chi connectivity index (χ4n) is 3.90. The zero-order valence-electron chi connectivity index (χ0n) is 16.1. The second kappa shape index (κ2) is 9.31. The molecule has 4 rings (SSSR count). The Hall–Kier alpha value is -1.54. The molecule has 3 heterocycles. The standard InChI is InChI=1S/C19H24FN5O.2ClH/c1-12-13(2)23-18-16(9-14(20)10-17(18)22-12)19(26)25-6-3-15(11-25)24-7-4-21-5-8-24;;/h9-10,15,21H,3-8,11H2,1-2H3;2*1H. The van der Waals surface area contributed by atoms with Gasteiger partial charge in [-0.25, -0.2) is 14.4 Å². The van der Waals surface area contributed by atoms with Gasteiger partial charge in [0.15, 0.2) is 0 Å². The summed E-state index contributed by atoms with van der Waals surface area (Å²) < 4.78 is 14.1. The summed E-state index contributed by atoms with van der Waals surface area (Å²) in [5.74, 6) is -0.596. The minimum Gasteiger partial charge on any atom is -0.337 e. The molecule has 1 amide bonds. The molecule has 1 aromatic heterocycles. The van der Waals surface area contributed by atoms with Crippen LogP contribution in [0.2, 0.25) is 0 Å². The van der Waals surface area contributed by atoms with Crippen molar-refractivity contribution in [2.24, 2.45) is 0 Å². The summed E-state index contributed by atoms with van der Waals surface area (Å²) in [6.45, 7) is 9.10. The number of piperazine rings is 1. The lowest BCUT2D eigenvalue weighted by Gasteiger charge is -2.32. The Morgan fingerprint density at radius 3 is 2.50 bits per heavy atom. The highest BCUT2D eigenvalue weighted by molar-refractivity contribution is 6.04. The zero-order chi connectivity index (χ0) is 18.3. The second-order valence-corrected chi connectivity index (χ2v) is 7.20. The Balaban J connectivity index is 0.00000140. The van der Waals surface area contributed by atoms with Crippen LogP contribution in [0.25, 0.3) is 11.0 Å². The maximum absolute atomic E-state index is 14.1. The number of nitrogens with one attached hydrogen (secondary N) is 1. The summed E-state index contributed by atoms with van der Waals surface area (Å²) in [4.78, 5) is 26.3. The molecule has 2 aliphatic rings. The van der Waals surface area contributed by atoms with Crippen molar-refractivity contribution in [3.05, 3.63) is 34.9 Å². The highest BCUT2D eigenvalue weighted by Gasteiger charge is 2.32. The maximum atomic E-state index is 14.1. The van der Waals surface area contributed by atoms with Crippen molar-refractivity contribution in [3.8, 4) is 0 Å². The first-order valence-corrected chi connectivity index (χ1v) is 9.21. The number of hydrogen-bond donors (Lipinski definition) is 1. The summed E-state index contributed by atoms with van der Waals surface area (Å²) in [5, 5.41) is 3.36. The number of rotatable bonds is 2. The van der Waals surface area contributed by atoms with E-state index in [4.69, 9.17) is 0 Å². The Bertz CT molecular complexity index is 860. The normalized spacial score (nSPS) is 20.0. The molecule has 1 N–H and O–H groups in total. The van der Waals surface area contributed by atoms with Gasteiger partial charge in [-0.3, -0.25) is 9.69 Å². The third kappa shape index (κ3) is 4.38. The molecule has 1 aromatic carbocycles. The third-order valence-corrected chi connectivity index (χ3v) is 5.49. The number of halogens is 3. The molecule has 1 atom stereocenters. The predicted octanol–water partition coefficient (Wildman–Crippen LogP) is 2.35. The van der Waals surface area contributed by atoms with E-state index in [9.17, 15) is 9.18 Å². The molecule has 9 heteroatoms. The maximum Gasteiger partial charge on any atom is 0.256 e. The van der Waals surface area contributed by atoms with E-state index in [0.717, 1.165) is 44.0 Å². The Morgan fingerprint density at radius 2 is 1.79 bits per heavy atom. The van der Waals surface area contributed by atoms with Gasteiger partial charge >= 0.3 is 0 Å². The van der Waals surface area contributed by atoms with Gasteiger partial charge in [0.05, 0.1) is 22.5 Å². The van der Waals surface area contributed by atoms with Gasteiger partial charge in [-0.15, -0.1) is 24.8 Å². The Morgan fingerprint density at radius 1 is 1.11 bits per heavy atom. The fraction of sp³-hybridized carbons (Fsp3) is 0.526. The molecular formula is C19H26Cl2FN5O. The van der Waals surface area contributed by atoms with Crippen LogP contribution in [0, 0.1) is 19.7 Å². The zero-order valence-corrected chi connectivity index (χ0v) is 17.7. The van der Waals surface area contributed by atoms with Crippen LogP contribution in [0.4, 0.5) is 4.39 Å². The van der Waals surface area contributed by atoms with E-state index < -0.39 is 5.82 Å². The molecule has 0 bridgehead atoms. The monoisotopic (exact) mass is 429 g/mol. The summed E-state index contributed by atoms with van der Waals surface area (Å²) in [6, 6.07) is 3.03. The number of hydrogen-bond acceptors (Lipinski definition) is 5. The molecule has 28 heavy (non-hydrogen) atoms. The lowest BCUT2D eigenvalue weighted by atomic mass is 10.1. The first-order valence-electron chi connectivity index (χ1n) is 9.21. The van der Waals surface area contributed by atoms with Crippen LogP contribution in [-0.2, 0) is 0 Å². The van der Waals surface area contributed by atoms with Crippen LogP contribution in [0.3, 0.4) is 0 Å². The van der Waals surface area contributed by atoms with Crippen LogP contribution in [0.5, 0.6) is 0 Å². The lowest BCUT2D eigenvalue weighted by Crippen LogP contribution is -2.49. The van der Waals surface area contributed by atoms with E-state index in [1.807, 2.05) is 18.7 Å². The first-order chi connectivity index (χ1) is 12.5. The number of nitrogens with zero attached hydrogens (tertiary/aromatic N) is 4. The summed E-state index contributed by atoms with van der Waals surface area (Å²) >= 11 is 0. The van der Waals surface area contributed by atoms with Crippen LogP contribution in [-0.4, -0.2) is 71.0 Å². The summed E-state index contributed by atoms with van der Waals surface area (Å²) in [5.41, 5.74) is 2.76. The average Bonchev–Trinajstić information content (AvgIpc) is 3.13. The van der Waals surface area contributed by atoms with E-state index >= 15 is 0 Å². The summed E-state index contributed by atoms with van der Waals surface area (Å²) in [7, 11) is 0. The predicted molar refractivity (Wildman–Crippen MR) is 112 cm³/mol. The minimum absolute atomic E-state index is 0. The van der Waals surface area contributed by atoms with Crippen LogP contribution in [0.15, 0.2) is 12.1 Å². The van der Waals surface area contributed by atoms with Gasteiger partial charge in [0.25, 0.3) is 5.91 Å². The Kier molecular flexibility index (Phi) is 7.56. The highest BCUT2D eigenvalue weighted by Crippen LogP contribution is 2.24. The molecule has 0 saturated carbocycles. The van der Waals surface area contributed by atoms with E-state index in [-0.39, 0.29) is 30.7 Å². The molecule has 2 aromatic rings. The van der Waals surface area contributed by atoms with Gasteiger partial charge in [-0.1, -0.05) is 0 Å². The fourth-order valence-corrected chi connectivity index (χ4v) is 3.90. The molecule has 2 aliphatic heterocycles. The molecule has 2 fully saturated rings. The van der Waals surface area contributed by atoms with Crippen molar-refractivity contribution < 1.29 is 9.18 Å². The topological polar surface area (TPSA) is 61.4 Å². The SMILES string of the molecule is Cc1nc2cc(F)cc(C(=O)N3CCC(N4CCNCC4)C3)c2nc1C.Cl.Cl. The van der Waals surface area contributed by atoms with Gasteiger partial charge in [0.2, 0.25) is 0 Å². The quantitative estimate of drug-likeness (QED) is 0.793. The number of carbonyl (C=O) groups excluding carboxylic acids is 1. The number of carbonyl (C=O) groups is 1. The average molecular weight is 430 g/mol. The second-order valence-electron chi connectivity index (χ2n) is 7.20. The molecular weight excluding hydrogens is 404 g/mol. The van der Waals surface area contributed by atoms with E-state index in [0.29, 0.717) is 35.7 Å². The van der Waals surface area contributed by atoms with Gasteiger partial charge < -0.3 is 10.2 Å². The smallest absolute Gasteiger partial charge is 0.256 e. The van der Waals surface area contributed by atoms with Gasteiger partial charge in [0, 0.05) is 51.4 Å². The first kappa shape index (κ1) is 22.7. The van der Waals surface area contributed by atoms with Gasteiger partial charge in [-0.05, 0) is 26.3 Å². The number of amides is 1. The number of fused-ring (bicyclic) bond motifs is 1. The molecule has 0 aliphatic carbocycles. The van der Waals surface area contributed by atoms with Gasteiger partial charge in [-0.2, -0.15) is 0 Å². The number of likely N-dealkylation sites (tertiary alicyclic amines) is 1. The van der Waals surface area contributed by atoms with Crippen molar-refractivity contribution in [2.45, 2.75) is 26.3 Å². The van der Waals surface area contributed by atoms with Crippen molar-refractivity contribution in [2.75, 3.05) is 39.3 Å². The van der Waals surface area contributed by atoms with Crippen LogP contribution < -0.4 is 5.32 Å². The van der Waals surface area contributed by atoms with E-state index in [1.165, 1.54) is 12.1 Å². The van der Waals surface area contributed by atoms with E-state index in [1.54, 1.807) is 0 Å². The van der Waals surface area contributed by atoms with Crippen molar-refractivity contribution in [3.63, 3.8) is 0 Å². The minimum atomic E-state index is -0.448. The molecule has 6 nitrogen and oxygen atoms in total. The molecule has 0 radical (unpaired) electrons. The van der Waals surface area contributed by atoms with Crippen molar-refractivity contribution in [1.82, 2.24) is 25.1 Å². The van der Waals surface area contributed by atoms with Crippen molar-refractivity contribution in [1.29, 1.82) is 0 Å². The lowest BCUT2D eigenvalue weighted by molar-refractivity contribution is 0.0774. The summed E-state index contributed by atoms with van der Waals surface area (Å²) in [6.07, 6.45) is 0.961. The molecule has 154 valence electrons. The highest BCUT2D eigenvalue weighted by atomic mass is 35.5. The van der Waals surface area contributed by atoms with Crippen LogP contribution in [0.1, 0.15) is 28.2 Å². The van der Waals surface area contributed by atoms with E-state index in [2.05, 4.69) is 20.2 Å².